The highest BCUT2D eigenvalue weighted by Gasteiger charge is 2.25. The molecule has 0 saturated carbocycles. The first kappa shape index (κ1) is 10.6. The zero-order valence-electron chi connectivity index (χ0n) is 8.69. The Morgan fingerprint density at radius 3 is 3.33 bits per heavy atom. The van der Waals surface area contributed by atoms with Gasteiger partial charge in [0.25, 0.3) is 0 Å². The van der Waals surface area contributed by atoms with Gasteiger partial charge < -0.3 is 0 Å². The molecule has 2 rings (SSSR count). The Hall–Kier alpha value is -0.910. The maximum Gasteiger partial charge on any atom is 0.248 e. The molecule has 15 heavy (non-hydrogen) atoms. The number of hydrogen-bond acceptors (Lipinski definition) is 4. The van der Waals surface area contributed by atoms with Crippen LogP contribution < -0.4 is 11.3 Å². The van der Waals surface area contributed by atoms with Crippen LogP contribution in [0.2, 0.25) is 0 Å². The van der Waals surface area contributed by atoms with Gasteiger partial charge >= 0.3 is 0 Å². The molecule has 0 aromatic carbocycles. The fourth-order valence-corrected chi connectivity index (χ4v) is 2.97. The number of hydrazine groups is 1. The van der Waals surface area contributed by atoms with Crippen molar-refractivity contribution < 1.29 is 4.79 Å². The summed E-state index contributed by atoms with van der Waals surface area (Å²) in [6.07, 6.45) is 1.04. The fraction of sp³-hybridized carbons (Fsp3) is 0.500. The van der Waals surface area contributed by atoms with Crippen molar-refractivity contribution in [3.63, 3.8) is 0 Å². The number of nitrogens with two attached hydrogens (primary N) is 1. The van der Waals surface area contributed by atoms with E-state index < -0.39 is 0 Å². The van der Waals surface area contributed by atoms with Crippen LogP contribution in [0.15, 0.2) is 11.4 Å². The van der Waals surface area contributed by atoms with Crippen LogP contribution in [0.3, 0.4) is 0 Å². The van der Waals surface area contributed by atoms with Gasteiger partial charge in [-0.25, -0.2) is 5.84 Å². The molecule has 0 saturated heterocycles. The highest BCUT2D eigenvalue weighted by Crippen LogP contribution is 2.32. The lowest BCUT2D eigenvalue weighted by Gasteiger charge is -2.32. The van der Waals surface area contributed by atoms with Crippen molar-refractivity contribution in [2.75, 3.05) is 13.1 Å². The van der Waals surface area contributed by atoms with Crippen molar-refractivity contribution in [2.24, 2.45) is 5.84 Å². The molecule has 0 aliphatic carbocycles. The number of hydrogen-bond donors (Lipinski definition) is 2. The summed E-state index contributed by atoms with van der Waals surface area (Å²) in [7, 11) is 0. The van der Waals surface area contributed by atoms with Crippen molar-refractivity contribution >= 4 is 17.2 Å². The minimum Gasteiger partial charge on any atom is -0.293 e. The Morgan fingerprint density at radius 2 is 2.60 bits per heavy atom. The van der Waals surface area contributed by atoms with Gasteiger partial charge in [0.05, 0.1) is 6.54 Å². The summed E-state index contributed by atoms with van der Waals surface area (Å²) in [5, 5.41) is 2.12. The van der Waals surface area contributed by atoms with Gasteiger partial charge in [0, 0.05) is 17.5 Å². The Balaban J connectivity index is 2.09. The van der Waals surface area contributed by atoms with Gasteiger partial charge in [0.1, 0.15) is 0 Å². The second kappa shape index (κ2) is 4.30. The van der Waals surface area contributed by atoms with E-state index in [1.807, 2.05) is 0 Å². The van der Waals surface area contributed by atoms with Crippen molar-refractivity contribution in [1.82, 2.24) is 10.3 Å². The number of amides is 1. The largest absolute Gasteiger partial charge is 0.293 e. The van der Waals surface area contributed by atoms with E-state index in [0.29, 0.717) is 12.6 Å². The number of thiophene rings is 1. The summed E-state index contributed by atoms with van der Waals surface area (Å²) in [5.74, 6) is 4.96. The molecule has 4 nitrogen and oxygen atoms in total. The van der Waals surface area contributed by atoms with Gasteiger partial charge in [-0.3, -0.25) is 15.1 Å². The van der Waals surface area contributed by atoms with Crippen LogP contribution in [0.5, 0.6) is 0 Å². The van der Waals surface area contributed by atoms with Crippen molar-refractivity contribution in [1.29, 1.82) is 0 Å². The maximum absolute atomic E-state index is 11.2. The second-order valence-corrected chi connectivity index (χ2v) is 4.76. The average molecular weight is 225 g/mol. The summed E-state index contributed by atoms with van der Waals surface area (Å²) in [6, 6.07) is 2.47. The third-order valence-electron chi connectivity index (χ3n) is 2.91. The molecular weight excluding hydrogens is 210 g/mol. The molecule has 1 aliphatic rings. The van der Waals surface area contributed by atoms with Gasteiger partial charge in [-0.15, -0.1) is 11.3 Å². The molecule has 0 spiro atoms. The van der Waals surface area contributed by atoms with Crippen LogP contribution >= 0.6 is 11.3 Å². The SMILES string of the molecule is CC1c2ccsc2CCN1CC(=O)NN. The molecule has 1 aromatic heterocycles. The lowest BCUT2D eigenvalue weighted by Crippen LogP contribution is -2.43. The summed E-state index contributed by atoms with van der Waals surface area (Å²) in [6.45, 7) is 3.45. The second-order valence-electron chi connectivity index (χ2n) is 3.76. The number of carbonyl (C=O) groups excluding carboxylic acids is 1. The summed E-state index contributed by atoms with van der Waals surface area (Å²) >= 11 is 1.80. The van der Waals surface area contributed by atoms with E-state index in [4.69, 9.17) is 5.84 Å². The lowest BCUT2D eigenvalue weighted by molar-refractivity contribution is -0.122. The number of rotatable bonds is 2. The van der Waals surface area contributed by atoms with E-state index in [2.05, 4.69) is 28.7 Å². The van der Waals surface area contributed by atoms with Gasteiger partial charge in [-0.2, -0.15) is 0 Å². The average Bonchev–Trinajstić information content (AvgIpc) is 2.70. The topological polar surface area (TPSA) is 58.4 Å². The van der Waals surface area contributed by atoms with Crippen LogP contribution in [-0.2, 0) is 11.2 Å². The monoisotopic (exact) mass is 225 g/mol. The summed E-state index contributed by atoms with van der Waals surface area (Å²) in [5.41, 5.74) is 3.53. The Morgan fingerprint density at radius 1 is 1.80 bits per heavy atom. The highest BCUT2D eigenvalue weighted by atomic mass is 32.1. The fourth-order valence-electron chi connectivity index (χ4n) is 2.01. The van der Waals surface area contributed by atoms with Gasteiger partial charge in [-0.05, 0) is 30.4 Å². The molecule has 1 unspecified atom stereocenters. The highest BCUT2D eigenvalue weighted by molar-refractivity contribution is 7.10. The molecule has 3 N–H and O–H groups in total. The van der Waals surface area contributed by atoms with Crippen LogP contribution in [-0.4, -0.2) is 23.9 Å². The van der Waals surface area contributed by atoms with E-state index in [0.717, 1.165) is 13.0 Å². The zero-order chi connectivity index (χ0) is 10.8. The van der Waals surface area contributed by atoms with E-state index in [1.54, 1.807) is 11.3 Å². The smallest absolute Gasteiger partial charge is 0.248 e. The van der Waals surface area contributed by atoms with E-state index in [1.165, 1.54) is 10.4 Å². The van der Waals surface area contributed by atoms with Crippen LogP contribution in [0.25, 0.3) is 0 Å². The number of nitrogens with zero attached hydrogens (tertiary/aromatic N) is 1. The molecular formula is C10H15N3OS. The Bertz CT molecular complexity index is 363. The quantitative estimate of drug-likeness (QED) is 0.441. The minimum atomic E-state index is -0.125. The van der Waals surface area contributed by atoms with Gasteiger partial charge in [-0.1, -0.05) is 0 Å². The molecule has 0 fully saturated rings. The summed E-state index contributed by atoms with van der Waals surface area (Å²) < 4.78 is 0. The maximum atomic E-state index is 11.2. The molecule has 2 heterocycles. The van der Waals surface area contributed by atoms with Crippen LogP contribution in [0, 0.1) is 0 Å². The first-order valence-corrected chi connectivity index (χ1v) is 5.90. The number of nitrogens with one attached hydrogen (secondary N) is 1. The molecule has 1 aromatic rings. The van der Waals surface area contributed by atoms with Gasteiger partial charge in [0.2, 0.25) is 5.91 Å². The standard InChI is InChI=1S/C10H15N3OS/c1-7-8-3-5-15-9(8)2-4-13(7)6-10(14)12-11/h3,5,7H,2,4,6,11H2,1H3,(H,12,14). The third kappa shape index (κ3) is 2.04. The lowest BCUT2D eigenvalue weighted by atomic mass is 10.0. The molecule has 0 bridgehead atoms. The van der Waals surface area contributed by atoms with Crippen LogP contribution in [0.1, 0.15) is 23.4 Å². The van der Waals surface area contributed by atoms with Gasteiger partial charge in [0.15, 0.2) is 0 Å². The van der Waals surface area contributed by atoms with Crippen molar-refractivity contribution in [3.05, 3.63) is 21.9 Å². The van der Waals surface area contributed by atoms with E-state index in [-0.39, 0.29) is 5.91 Å². The first-order chi connectivity index (χ1) is 7.22. The summed E-state index contributed by atoms with van der Waals surface area (Å²) in [4.78, 5) is 14.8. The van der Waals surface area contributed by atoms with E-state index >= 15 is 0 Å². The molecule has 0 radical (unpaired) electrons. The third-order valence-corrected chi connectivity index (χ3v) is 3.91. The Labute approximate surface area is 93.0 Å². The molecule has 1 atom stereocenters. The zero-order valence-corrected chi connectivity index (χ0v) is 9.51. The molecule has 1 aliphatic heterocycles. The molecule has 5 heteroatoms. The normalized spacial score (nSPS) is 21.1. The van der Waals surface area contributed by atoms with Crippen LogP contribution in [0.4, 0.5) is 0 Å². The number of carbonyl (C=O) groups is 1. The Kier molecular flexibility index (Phi) is 3.04. The minimum absolute atomic E-state index is 0.125. The predicted octanol–water partition coefficient (Wildman–Crippen LogP) is 0.657. The number of fused-ring (bicyclic) bond motifs is 1. The molecule has 82 valence electrons. The predicted molar refractivity (Wildman–Crippen MR) is 60.3 cm³/mol. The van der Waals surface area contributed by atoms with E-state index in [9.17, 15) is 4.79 Å². The molecule has 1 amide bonds. The van der Waals surface area contributed by atoms with Crippen molar-refractivity contribution in [2.45, 2.75) is 19.4 Å². The first-order valence-electron chi connectivity index (χ1n) is 5.02. The van der Waals surface area contributed by atoms with Crippen molar-refractivity contribution in [3.8, 4) is 0 Å².